The minimum atomic E-state index is -1.10. The topological polar surface area (TPSA) is 127 Å². The lowest BCUT2D eigenvalue weighted by Crippen LogP contribution is -2.25. The molecule has 1 aromatic heterocycles. The van der Waals surface area contributed by atoms with Crippen molar-refractivity contribution < 1.29 is 18.8 Å². The van der Waals surface area contributed by atoms with Gasteiger partial charge in [0.05, 0.1) is 12.0 Å². The molecule has 2 aromatic carbocycles. The fourth-order valence-electron chi connectivity index (χ4n) is 2.66. The van der Waals surface area contributed by atoms with Crippen LogP contribution in [0.25, 0.3) is 12.2 Å². The molecule has 0 aliphatic heterocycles. The second kappa shape index (κ2) is 8.86. The van der Waals surface area contributed by atoms with Crippen molar-refractivity contribution in [3.05, 3.63) is 96.1 Å². The minimum absolute atomic E-state index is 0.00154. The third-order valence-corrected chi connectivity index (χ3v) is 4.10. The van der Waals surface area contributed by atoms with Crippen LogP contribution in [0.4, 0.5) is 10.1 Å². The standard InChI is InChI=1S/C20H16FN3O6/c1-29-17-10-12(6-8-15-18(24(27)28)19(25)23-20(26)22-15)7-9-16(17)30-11-13-4-2-3-5-14(13)21/h2-10H,11H2,1H3,(H2,22,23,25,26). The highest BCUT2D eigenvalue weighted by Gasteiger charge is 2.18. The Bertz CT molecular complexity index is 1230. The maximum atomic E-state index is 13.7. The number of aromatic amines is 2. The van der Waals surface area contributed by atoms with Gasteiger partial charge in [-0.15, -0.1) is 0 Å². The number of rotatable bonds is 7. The summed E-state index contributed by atoms with van der Waals surface area (Å²) in [5.74, 6) is 0.334. The average Bonchev–Trinajstić information content (AvgIpc) is 2.71. The van der Waals surface area contributed by atoms with E-state index in [1.165, 1.54) is 25.3 Å². The fourth-order valence-corrected chi connectivity index (χ4v) is 2.66. The number of aromatic nitrogens is 2. The molecule has 0 bridgehead atoms. The second-order valence-electron chi connectivity index (χ2n) is 6.05. The van der Waals surface area contributed by atoms with Gasteiger partial charge in [-0.3, -0.25) is 19.9 Å². The molecule has 3 rings (SSSR count). The number of halogens is 1. The van der Waals surface area contributed by atoms with Gasteiger partial charge >= 0.3 is 16.9 Å². The van der Waals surface area contributed by atoms with Gasteiger partial charge in [0, 0.05) is 5.56 Å². The van der Waals surface area contributed by atoms with Crippen LogP contribution in [0, 0.1) is 15.9 Å². The Morgan fingerprint density at radius 2 is 1.87 bits per heavy atom. The van der Waals surface area contributed by atoms with Crippen molar-refractivity contribution in [3.63, 3.8) is 0 Å². The summed E-state index contributed by atoms with van der Waals surface area (Å²) in [5, 5.41) is 11.1. The first-order valence-electron chi connectivity index (χ1n) is 8.62. The highest BCUT2D eigenvalue weighted by Crippen LogP contribution is 2.30. The number of hydrogen-bond acceptors (Lipinski definition) is 6. The van der Waals surface area contributed by atoms with Crippen molar-refractivity contribution in [3.8, 4) is 11.5 Å². The molecule has 0 radical (unpaired) electrons. The van der Waals surface area contributed by atoms with E-state index in [4.69, 9.17) is 9.47 Å². The van der Waals surface area contributed by atoms with Gasteiger partial charge in [-0.2, -0.15) is 0 Å². The lowest BCUT2D eigenvalue weighted by atomic mass is 10.1. The third kappa shape index (κ3) is 4.61. The molecule has 0 saturated heterocycles. The van der Waals surface area contributed by atoms with Crippen LogP contribution in [0.1, 0.15) is 16.8 Å². The minimum Gasteiger partial charge on any atom is -0.493 e. The molecule has 10 heteroatoms. The molecule has 154 valence electrons. The molecule has 9 nitrogen and oxygen atoms in total. The molecule has 0 fully saturated rings. The van der Waals surface area contributed by atoms with E-state index in [2.05, 4.69) is 4.98 Å². The van der Waals surface area contributed by atoms with E-state index in [-0.39, 0.29) is 18.1 Å². The number of hydrogen-bond donors (Lipinski definition) is 2. The summed E-state index contributed by atoms with van der Waals surface area (Å²) in [6.45, 7) is -0.00154. The lowest BCUT2D eigenvalue weighted by Gasteiger charge is -2.12. The van der Waals surface area contributed by atoms with Crippen molar-refractivity contribution in [2.45, 2.75) is 6.61 Å². The van der Waals surface area contributed by atoms with Crippen molar-refractivity contribution >= 4 is 17.8 Å². The molecule has 2 N–H and O–H groups in total. The van der Waals surface area contributed by atoms with Crippen molar-refractivity contribution in [2.24, 2.45) is 0 Å². The summed E-state index contributed by atoms with van der Waals surface area (Å²) in [7, 11) is 1.43. The summed E-state index contributed by atoms with van der Waals surface area (Å²) in [5.41, 5.74) is -2.04. The van der Waals surface area contributed by atoms with Crippen LogP contribution in [-0.4, -0.2) is 22.0 Å². The maximum Gasteiger partial charge on any atom is 0.357 e. The number of nitrogens with zero attached hydrogens (tertiary/aromatic N) is 1. The molecule has 3 aromatic rings. The van der Waals surface area contributed by atoms with Gasteiger partial charge in [-0.25, -0.2) is 9.18 Å². The molecule has 0 amide bonds. The smallest absolute Gasteiger partial charge is 0.357 e. The van der Waals surface area contributed by atoms with Crippen LogP contribution in [0.15, 0.2) is 52.1 Å². The molecule has 0 aliphatic carbocycles. The quantitative estimate of drug-likeness (QED) is 0.453. The van der Waals surface area contributed by atoms with E-state index in [9.17, 15) is 24.1 Å². The maximum absolute atomic E-state index is 13.7. The molecule has 30 heavy (non-hydrogen) atoms. The van der Waals surface area contributed by atoms with Gasteiger partial charge in [-0.1, -0.05) is 30.3 Å². The van der Waals surface area contributed by atoms with Crippen molar-refractivity contribution in [1.29, 1.82) is 0 Å². The van der Waals surface area contributed by atoms with E-state index in [0.717, 1.165) is 0 Å². The molecule has 1 heterocycles. The van der Waals surface area contributed by atoms with Gasteiger partial charge < -0.3 is 14.5 Å². The largest absolute Gasteiger partial charge is 0.493 e. The number of nitrogens with one attached hydrogen (secondary N) is 2. The Morgan fingerprint density at radius 3 is 2.57 bits per heavy atom. The number of benzene rings is 2. The second-order valence-corrected chi connectivity index (χ2v) is 6.05. The summed E-state index contributed by atoms with van der Waals surface area (Å²) in [6, 6.07) is 11.0. The molecule has 0 spiro atoms. The zero-order valence-corrected chi connectivity index (χ0v) is 15.7. The predicted molar refractivity (Wildman–Crippen MR) is 107 cm³/mol. The van der Waals surface area contributed by atoms with Crippen LogP contribution in [0.2, 0.25) is 0 Å². The fraction of sp³-hybridized carbons (Fsp3) is 0.100. The first-order valence-corrected chi connectivity index (χ1v) is 8.62. The van der Waals surface area contributed by atoms with Gasteiger partial charge in [0.1, 0.15) is 18.1 Å². The number of methoxy groups -OCH3 is 1. The van der Waals surface area contributed by atoms with E-state index in [0.29, 0.717) is 22.6 Å². The molecular formula is C20H16FN3O6. The molecule has 0 aliphatic rings. The molecule has 0 saturated carbocycles. The Labute approximate surface area is 168 Å². The Kier molecular flexibility index (Phi) is 6.06. The normalized spacial score (nSPS) is 10.9. The summed E-state index contributed by atoms with van der Waals surface area (Å²) in [6.07, 6.45) is 2.70. The monoisotopic (exact) mass is 413 g/mol. The van der Waals surface area contributed by atoms with Gasteiger partial charge in [0.2, 0.25) is 0 Å². The summed E-state index contributed by atoms with van der Waals surface area (Å²) >= 11 is 0. The van der Waals surface area contributed by atoms with Gasteiger partial charge in [0.15, 0.2) is 11.5 Å². The molecular weight excluding hydrogens is 397 g/mol. The Hall–Kier alpha value is -4.21. The van der Waals surface area contributed by atoms with Crippen LogP contribution in [0.5, 0.6) is 11.5 Å². The van der Waals surface area contributed by atoms with Crippen LogP contribution in [0.3, 0.4) is 0 Å². The number of nitro groups is 1. The lowest BCUT2D eigenvalue weighted by molar-refractivity contribution is -0.386. The van der Waals surface area contributed by atoms with Gasteiger partial charge in [-0.05, 0) is 29.8 Å². The zero-order chi connectivity index (χ0) is 21.7. The zero-order valence-electron chi connectivity index (χ0n) is 15.7. The van der Waals surface area contributed by atoms with Crippen molar-refractivity contribution in [1.82, 2.24) is 9.97 Å². The van der Waals surface area contributed by atoms with Crippen LogP contribution >= 0.6 is 0 Å². The van der Waals surface area contributed by atoms with Crippen LogP contribution < -0.4 is 20.7 Å². The molecule has 0 unspecified atom stereocenters. The number of H-pyrrole nitrogens is 2. The van der Waals surface area contributed by atoms with E-state index in [1.807, 2.05) is 4.98 Å². The highest BCUT2D eigenvalue weighted by atomic mass is 19.1. The van der Waals surface area contributed by atoms with Crippen molar-refractivity contribution in [2.75, 3.05) is 7.11 Å². The SMILES string of the molecule is COc1cc(C=Cc2[nH]c(=O)[nH]c(=O)c2[N+](=O)[O-])ccc1OCc1ccccc1F. The average molecular weight is 413 g/mol. The Balaban J connectivity index is 1.85. The predicted octanol–water partition coefficient (Wildman–Crippen LogP) is 2.87. The van der Waals surface area contributed by atoms with E-state index in [1.54, 1.807) is 36.4 Å². The number of ether oxygens (including phenoxy) is 2. The molecule has 0 atom stereocenters. The summed E-state index contributed by atoms with van der Waals surface area (Å²) in [4.78, 5) is 37.3. The highest BCUT2D eigenvalue weighted by molar-refractivity contribution is 5.72. The van der Waals surface area contributed by atoms with E-state index >= 15 is 0 Å². The first kappa shape index (κ1) is 20.5. The van der Waals surface area contributed by atoms with E-state index < -0.39 is 21.9 Å². The third-order valence-electron chi connectivity index (χ3n) is 4.10. The summed E-state index contributed by atoms with van der Waals surface area (Å²) < 4.78 is 24.6. The van der Waals surface area contributed by atoms with Gasteiger partial charge in [0.25, 0.3) is 0 Å². The first-order chi connectivity index (χ1) is 14.4. The van der Waals surface area contributed by atoms with Crippen LogP contribution in [-0.2, 0) is 6.61 Å². The Morgan fingerprint density at radius 1 is 1.10 bits per heavy atom.